The van der Waals surface area contributed by atoms with E-state index in [-0.39, 0.29) is 11.8 Å². The quantitative estimate of drug-likeness (QED) is 0.868. The topological polar surface area (TPSA) is 57.6 Å². The molecule has 0 radical (unpaired) electrons. The van der Waals surface area contributed by atoms with Gasteiger partial charge < -0.3 is 10.0 Å². The van der Waals surface area contributed by atoms with Crippen molar-refractivity contribution in [1.82, 2.24) is 4.90 Å². The number of hydrogen-bond acceptors (Lipinski definition) is 2. The van der Waals surface area contributed by atoms with Gasteiger partial charge in [-0.2, -0.15) is 0 Å². The number of carbonyl (C=O) groups is 2. The van der Waals surface area contributed by atoms with E-state index >= 15 is 0 Å². The van der Waals surface area contributed by atoms with Crippen molar-refractivity contribution in [2.75, 3.05) is 13.6 Å². The summed E-state index contributed by atoms with van der Waals surface area (Å²) in [5, 5.41) is 9.05. The normalized spacial score (nSPS) is 10.4. The van der Waals surface area contributed by atoms with Gasteiger partial charge in [0.05, 0.1) is 5.56 Å². The van der Waals surface area contributed by atoms with E-state index in [1.807, 2.05) is 19.9 Å². The van der Waals surface area contributed by atoms with Crippen molar-refractivity contribution >= 4 is 11.9 Å². The predicted octanol–water partition coefficient (Wildman–Crippen LogP) is 2.04. The molecule has 1 aromatic rings. The molecule has 0 aliphatic rings. The number of carboxylic acids is 1. The number of hydrogen-bond donors (Lipinski definition) is 1. The number of rotatable bonds is 5. The van der Waals surface area contributed by atoms with Crippen LogP contribution < -0.4 is 0 Å². The number of likely N-dealkylation sites (N-methyl/N-ethyl adjacent to an activating group) is 1. The summed E-state index contributed by atoms with van der Waals surface area (Å²) in [5.74, 6) is -0.893. The summed E-state index contributed by atoms with van der Waals surface area (Å²) in [6.07, 6.45) is 0.553. The predicted molar refractivity (Wildman–Crippen MR) is 69.6 cm³/mol. The van der Waals surface area contributed by atoms with Gasteiger partial charge in [0.2, 0.25) is 5.91 Å². The van der Waals surface area contributed by atoms with Crippen LogP contribution in [0.4, 0.5) is 0 Å². The average molecular weight is 249 g/mol. The number of aromatic carboxylic acids is 1. The molecule has 0 atom stereocenters. The van der Waals surface area contributed by atoms with Crippen LogP contribution in [0.2, 0.25) is 0 Å². The smallest absolute Gasteiger partial charge is 0.335 e. The van der Waals surface area contributed by atoms with Gasteiger partial charge in [0.25, 0.3) is 0 Å². The molecule has 0 heterocycles. The van der Waals surface area contributed by atoms with Crippen molar-refractivity contribution in [1.29, 1.82) is 0 Å². The van der Waals surface area contributed by atoms with Gasteiger partial charge in [-0.1, -0.05) is 32.0 Å². The van der Waals surface area contributed by atoms with E-state index in [1.165, 1.54) is 0 Å². The van der Waals surface area contributed by atoms with E-state index in [9.17, 15) is 9.59 Å². The van der Waals surface area contributed by atoms with Crippen molar-refractivity contribution in [3.63, 3.8) is 0 Å². The number of amides is 1. The maximum absolute atomic E-state index is 11.7. The lowest BCUT2D eigenvalue weighted by molar-refractivity contribution is -0.133. The van der Waals surface area contributed by atoms with Gasteiger partial charge in [-0.3, -0.25) is 4.79 Å². The molecule has 1 N–H and O–H groups in total. The SMILES string of the molecule is CC(C)C(=O)N(C)CCc1ccccc1C(=O)O. The molecule has 1 rings (SSSR count). The first-order valence-corrected chi connectivity index (χ1v) is 5.99. The fourth-order valence-electron chi connectivity index (χ4n) is 1.79. The van der Waals surface area contributed by atoms with Crippen molar-refractivity contribution in [3.05, 3.63) is 35.4 Å². The Kier molecular flexibility index (Phi) is 4.89. The van der Waals surface area contributed by atoms with Crippen molar-refractivity contribution in [3.8, 4) is 0 Å². The summed E-state index contributed by atoms with van der Waals surface area (Å²) in [6, 6.07) is 6.89. The van der Waals surface area contributed by atoms with Crippen LogP contribution in [0.1, 0.15) is 29.8 Å². The second-order valence-corrected chi connectivity index (χ2v) is 4.63. The molecule has 1 aromatic carbocycles. The lowest BCUT2D eigenvalue weighted by Gasteiger charge is -2.19. The highest BCUT2D eigenvalue weighted by Crippen LogP contribution is 2.10. The Morgan fingerprint density at radius 2 is 1.89 bits per heavy atom. The van der Waals surface area contributed by atoms with E-state index < -0.39 is 5.97 Å². The van der Waals surface area contributed by atoms with E-state index in [4.69, 9.17) is 5.11 Å². The molecule has 0 saturated carbocycles. The lowest BCUT2D eigenvalue weighted by Crippen LogP contribution is -2.32. The van der Waals surface area contributed by atoms with Crippen molar-refractivity contribution in [2.24, 2.45) is 5.92 Å². The highest BCUT2D eigenvalue weighted by Gasteiger charge is 2.14. The summed E-state index contributed by atoms with van der Waals surface area (Å²) in [5.41, 5.74) is 1.07. The van der Waals surface area contributed by atoms with Crippen LogP contribution >= 0.6 is 0 Å². The summed E-state index contributed by atoms with van der Waals surface area (Å²) < 4.78 is 0. The van der Waals surface area contributed by atoms with Crippen molar-refractivity contribution < 1.29 is 14.7 Å². The fourth-order valence-corrected chi connectivity index (χ4v) is 1.79. The van der Waals surface area contributed by atoms with Crippen LogP contribution in [0.5, 0.6) is 0 Å². The lowest BCUT2D eigenvalue weighted by atomic mass is 10.0. The zero-order chi connectivity index (χ0) is 13.7. The Morgan fingerprint density at radius 3 is 2.44 bits per heavy atom. The highest BCUT2D eigenvalue weighted by atomic mass is 16.4. The Bertz CT molecular complexity index is 440. The molecule has 0 aromatic heterocycles. The van der Waals surface area contributed by atoms with Crippen LogP contribution in [-0.4, -0.2) is 35.5 Å². The second-order valence-electron chi connectivity index (χ2n) is 4.63. The molecule has 0 spiro atoms. The van der Waals surface area contributed by atoms with Gasteiger partial charge >= 0.3 is 5.97 Å². The van der Waals surface area contributed by atoms with Gasteiger partial charge in [0.15, 0.2) is 0 Å². The molecule has 1 amide bonds. The molecule has 4 nitrogen and oxygen atoms in total. The molecule has 4 heteroatoms. The van der Waals surface area contributed by atoms with Crippen LogP contribution in [0.25, 0.3) is 0 Å². The molecule has 18 heavy (non-hydrogen) atoms. The van der Waals surface area contributed by atoms with Gasteiger partial charge in [-0.25, -0.2) is 4.79 Å². The van der Waals surface area contributed by atoms with Crippen LogP contribution in [0, 0.1) is 5.92 Å². The first-order valence-electron chi connectivity index (χ1n) is 5.99. The average Bonchev–Trinajstić information content (AvgIpc) is 2.35. The Balaban J connectivity index is 2.69. The molecule has 0 saturated heterocycles. The number of carbonyl (C=O) groups excluding carboxylic acids is 1. The van der Waals surface area contributed by atoms with Crippen molar-refractivity contribution in [2.45, 2.75) is 20.3 Å². The first kappa shape index (κ1) is 14.2. The third kappa shape index (κ3) is 3.58. The summed E-state index contributed by atoms with van der Waals surface area (Å²) >= 11 is 0. The van der Waals surface area contributed by atoms with Crippen LogP contribution in [-0.2, 0) is 11.2 Å². The van der Waals surface area contributed by atoms with Crippen LogP contribution in [0.15, 0.2) is 24.3 Å². The third-order valence-corrected chi connectivity index (χ3v) is 2.83. The van der Waals surface area contributed by atoms with E-state index in [1.54, 1.807) is 30.1 Å². The van der Waals surface area contributed by atoms with E-state index in [2.05, 4.69) is 0 Å². The minimum Gasteiger partial charge on any atom is -0.478 e. The van der Waals surface area contributed by atoms with E-state index in [0.717, 1.165) is 5.56 Å². The van der Waals surface area contributed by atoms with Gasteiger partial charge in [-0.15, -0.1) is 0 Å². The first-order chi connectivity index (χ1) is 8.43. The maximum atomic E-state index is 11.7. The zero-order valence-corrected chi connectivity index (χ0v) is 11.0. The van der Waals surface area contributed by atoms with Crippen LogP contribution in [0.3, 0.4) is 0 Å². The Hall–Kier alpha value is -1.84. The number of benzene rings is 1. The molecular weight excluding hydrogens is 230 g/mol. The maximum Gasteiger partial charge on any atom is 0.335 e. The summed E-state index contributed by atoms with van der Waals surface area (Å²) in [4.78, 5) is 24.4. The molecule has 0 aliphatic carbocycles. The molecule has 98 valence electrons. The van der Waals surface area contributed by atoms with Gasteiger partial charge in [-0.05, 0) is 18.1 Å². The fraction of sp³-hybridized carbons (Fsp3) is 0.429. The largest absolute Gasteiger partial charge is 0.478 e. The minimum atomic E-state index is -0.927. The molecular formula is C14H19NO3. The molecule has 0 unspecified atom stereocenters. The third-order valence-electron chi connectivity index (χ3n) is 2.83. The Morgan fingerprint density at radius 1 is 1.28 bits per heavy atom. The molecule has 0 fully saturated rings. The monoisotopic (exact) mass is 249 g/mol. The number of carboxylic acid groups (broad SMARTS) is 1. The second kappa shape index (κ2) is 6.19. The highest BCUT2D eigenvalue weighted by molar-refractivity contribution is 5.89. The molecule has 0 aliphatic heterocycles. The Labute approximate surface area is 107 Å². The summed E-state index contributed by atoms with van der Waals surface area (Å²) in [7, 11) is 1.74. The van der Waals surface area contributed by atoms with Gasteiger partial charge in [0.1, 0.15) is 0 Å². The zero-order valence-electron chi connectivity index (χ0n) is 11.0. The molecule has 0 bridgehead atoms. The number of nitrogens with zero attached hydrogens (tertiary/aromatic N) is 1. The summed E-state index contributed by atoms with van der Waals surface area (Å²) in [6.45, 7) is 4.23. The van der Waals surface area contributed by atoms with E-state index in [0.29, 0.717) is 18.5 Å². The minimum absolute atomic E-state index is 0.0373. The standard InChI is InChI=1S/C14H19NO3/c1-10(2)13(16)15(3)9-8-11-6-4-5-7-12(11)14(17)18/h4-7,10H,8-9H2,1-3H3,(H,17,18). The van der Waals surface area contributed by atoms with Gasteiger partial charge in [0, 0.05) is 19.5 Å².